The summed E-state index contributed by atoms with van der Waals surface area (Å²) in [6.07, 6.45) is 2.67. The zero-order valence-electron chi connectivity index (χ0n) is 12.7. The van der Waals surface area contributed by atoms with Crippen molar-refractivity contribution in [3.8, 4) is 0 Å². The summed E-state index contributed by atoms with van der Waals surface area (Å²) in [5, 5.41) is 0.712. The van der Waals surface area contributed by atoms with Gasteiger partial charge in [0.2, 0.25) is 0 Å². The van der Waals surface area contributed by atoms with Crippen molar-refractivity contribution in [1.29, 1.82) is 0 Å². The fourth-order valence-electron chi connectivity index (χ4n) is 2.11. The van der Waals surface area contributed by atoms with Crippen LogP contribution in [0.2, 0.25) is 5.02 Å². The molecule has 0 radical (unpaired) electrons. The molecule has 21 heavy (non-hydrogen) atoms. The maximum Gasteiger partial charge on any atom is 0.410 e. The van der Waals surface area contributed by atoms with Gasteiger partial charge in [-0.1, -0.05) is 27.5 Å². The molecule has 0 aromatic heterocycles. The van der Waals surface area contributed by atoms with Crippen LogP contribution in [0, 0.1) is 0 Å². The molecule has 0 bridgehead atoms. The molecule has 3 nitrogen and oxygen atoms in total. The first kappa shape index (κ1) is 16.6. The lowest BCUT2D eigenvalue weighted by Gasteiger charge is -2.27. The summed E-state index contributed by atoms with van der Waals surface area (Å²) in [6.45, 7) is 6.33. The smallest absolute Gasteiger partial charge is 0.410 e. The topological polar surface area (TPSA) is 29.5 Å². The number of carbonyl (C=O) groups is 1. The van der Waals surface area contributed by atoms with E-state index >= 15 is 0 Å². The largest absolute Gasteiger partial charge is 0.444 e. The summed E-state index contributed by atoms with van der Waals surface area (Å²) in [5.74, 6) is 0. The van der Waals surface area contributed by atoms with Crippen LogP contribution in [0.5, 0.6) is 0 Å². The third-order valence-electron chi connectivity index (χ3n) is 3.25. The molecular formula is C16H21BrClNO2. The predicted octanol–water partition coefficient (Wildman–Crippen LogP) is 5.04. The van der Waals surface area contributed by atoms with Gasteiger partial charge in [0.25, 0.3) is 0 Å². The van der Waals surface area contributed by atoms with Crippen LogP contribution >= 0.6 is 27.5 Å². The van der Waals surface area contributed by atoms with Crippen LogP contribution in [-0.2, 0) is 11.2 Å². The summed E-state index contributed by atoms with van der Waals surface area (Å²) in [5.41, 5.74) is 0.651. The Kier molecular flexibility index (Phi) is 5.20. The molecule has 2 rings (SSSR count). The van der Waals surface area contributed by atoms with Crippen LogP contribution in [0.1, 0.15) is 39.2 Å². The van der Waals surface area contributed by atoms with Crippen molar-refractivity contribution < 1.29 is 9.53 Å². The first-order chi connectivity index (χ1) is 9.76. The highest BCUT2D eigenvalue weighted by Crippen LogP contribution is 2.29. The van der Waals surface area contributed by atoms with Gasteiger partial charge in [-0.25, -0.2) is 4.79 Å². The molecule has 0 N–H and O–H groups in total. The minimum atomic E-state index is -0.457. The zero-order valence-corrected chi connectivity index (χ0v) is 15.0. The van der Waals surface area contributed by atoms with Gasteiger partial charge in [-0.15, -0.1) is 0 Å². The maximum atomic E-state index is 12.3. The number of benzene rings is 1. The Labute approximate surface area is 139 Å². The summed E-state index contributed by atoms with van der Waals surface area (Å²) in [6, 6.07) is 6.05. The highest BCUT2D eigenvalue weighted by atomic mass is 79.9. The lowest BCUT2D eigenvalue weighted by molar-refractivity contribution is 0.0236. The van der Waals surface area contributed by atoms with Gasteiger partial charge in [0.1, 0.15) is 5.60 Å². The highest BCUT2D eigenvalue weighted by molar-refractivity contribution is 9.10. The molecule has 1 amide bonds. The Bertz CT molecular complexity index is 523. The summed E-state index contributed by atoms with van der Waals surface area (Å²) in [7, 11) is 0. The van der Waals surface area contributed by atoms with Crippen molar-refractivity contribution in [2.45, 2.75) is 51.7 Å². The van der Waals surface area contributed by atoms with Gasteiger partial charge in [0, 0.05) is 22.1 Å². The first-order valence-electron chi connectivity index (χ1n) is 7.20. The molecule has 1 saturated carbocycles. The number of carbonyl (C=O) groups excluding carboxylic acids is 1. The van der Waals surface area contributed by atoms with Crippen molar-refractivity contribution in [3.05, 3.63) is 33.3 Å². The van der Waals surface area contributed by atoms with E-state index in [4.69, 9.17) is 16.3 Å². The third kappa shape index (κ3) is 5.19. The van der Waals surface area contributed by atoms with Crippen molar-refractivity contribution in [1.82, 2.24) is 4.90 Å². The Balaban J connectivity index is 2.00. The van der Waals surface area contributed by atoms with Crippen LogP contribution in [0.4, 0.5) is 4.79 Å². The normalized spacial score (nSPS) is 14.9. The molecule has 1 aliphatic carbocycles. The molecule has 0 spiro atoms. The highest BCUT2D eigenvalue weighted by Gasteiger charge is 2.34. The monoisotopic (exact) mass is 373 g/mol. The Hall–Kier alpha value is -0.740. The number of hydrogen-bond acceptors (Lipinski definition) is 2. The number of nitrogens with zero attached hydrogens (tertiary/aromatic N) is 1. The van der Waals surface area contributed by atoms with Gasteiger partial charge in [-0.05, 0) is 63.8 Å². The van der Waals surface area contributed by atoms with Crippen molar-refractivity contribution in [3.63, 3.8) is 0 Å². The Morgan fingerprint density at radius 3 is 2.67 bits per heavy atom. The molecule has 0 heterocycles. The fraction of sp³-hybridized carbons (Fsp3) is 0.562. The molecule has 1 fully saturated rings. The molecule has 5 heteroatoms. The second kappa shape index (κ2) is 6.57. The molecule has 0 atom stereocenters. The van der Waals surface area contributed by atoms with E-state index in [-0.39, 0.29) is 6.09 Å². The van der Waals surface area contributed by atoms with Gasteiger partial charge in [0.15, 0.2) is 0 Å². The van der Waals surface area contributed by atoms with E-state index in [1.807, 2.05) is 43.9 Å². The van der Waals surface area contributed by atoms with Gasteiger partial charge in [-0.2, -0.15) is 0 Å². The number of amides is 1. The van der Waals surface area contributed by atoms with E-state index in [2.05, 4.69) is 15.9 Å². The van der Waals surface area contributed by atoms with Crippen LogP contribution in [0.15, 0.2) is 22.7 Å². The van der Waals surface area contributed by atoms with Gasteiger partial charge in [0.05, 0.1) is 0 Å². The van der Waals surface area contributed by atoms with Crippen LogP contribution in [0.25, 0.3) is 0 Å². The molecule has 1 aromatic rings. The molecule has 116 valence electrons. The van der Waals surface area contributed by atoms with E-state index in [0.29, 0.717) is 17.6 Å². The lowest BCUT2D eigenvalue weighted by Crippen LogP contribution is -2.39. The van der Waals surface area contributed by atoms with E-state index in [1.165, 1.54) is 0 Å². The average molecular weight is 375 g/mol. The minimum Gasteiger partial charge on any atom is -0.444 e. The molecule has 0 saturated heterocycles. The Morgan fingerprint density at radius 1 is 1.43 bits per heavy atom. The molecule has 1 aromatic carbocycles. The third-order valence-corrected chi connectivity index (χ3v) is 4.25. The lowest BCUT2D eigenvalue weighted by atomic mass is 10.1. The molecular weight excluding hydrogens is 354 g/mol. The van der Waals surface area contributed by atoms with E-state index in [1.54, 1.807) is 0 Å². The number of hydrogen-bond donors (Lipinski definition) is 0. The van der Waals surface area contributed by atoms with E-state index in [9.17, 15) is 4.79 Å². The van der Waals surface area contributed by atoms with Gasteiger partial charge >= 0.3 is 6.09 Å². The maximum absolute atomic E-state index is 12.3. The summed E-state index contributed by atoms with van der Waals surface area (Å²) < 4.78 is 6.51. The Morgan fingerprint density at radius 2 is 2.10 bits per heavy atom. The summed E-state index contributed by atoms with van der Waals surface area (Å²) >= 11 is 9.56. The van der Waals surface area contributed by atoms with Gasteiger partial charge in [-0.3, -0.25) is 0 Å². The average Bonchev–Trinajstić information content (AvgIpc) is 3.16. The summed E-state index contributed by atoms with van der Waals surface area (Å²) in [4.78, 5) is 14.1. The molecule has 0 aliphatic heterocycles. The molecule has 1 aliphatic rings. The quantitative estimate of drug-likeness (QED) is 0.738. The van der Waals surface area contributed by atoms with E-state index in [0.717, 1.165) is 29.3 Å². The fourth-order valence-corrected chi connectivity index (χ4v) is 2.75. The predicted molar refractivity (Wildman–Crippen MR) is 88.8 cm³/mol. The zero-order chi connectivity index (χ0) is 15.6. The van der Waals surface area contributed by atoms with Crippen LogP contribution in [-0.4, -0.2) is 29.2 Å². The molecule has 0 unspecified atom stereocenters. The van der Waals surface area contributed by atoms with Crippen molar-refractivity contribution in [2.24, 2.45) is 0 Å². The standard InChI is InChI=1S/C16H21BrClNO2/c1-16(2,3)21-15(20)19(13-5-6-13)9-8-11-10-12(18)4-7-14(11)17/h4,7,10,13H,5-6,8-9H2,1-3H3. The van der Waals surface area contributed by atoms with Crippen LogP contribution in [0.3, 0.4) is 0 Å². The number of halogens is 2. The van der Waals surface area contributed by atoms with Crippen molar-refractivity contribution in [2.75, 3.05) is 6.54 Å². The number of rotatable bonds is 4. The van der Waals surface area contributed by atoms with Gasteiger partial charge < -0.3 is 9.64 Å². The second-order valence-electron chi connectivity index (χ2n) is 6.39. The minimum absolute atomic E-state index is 0.219. The number of ether oxygens (including phenoxy) is 1. The SMILES string of the molecule is CC(C)(C)OC(=O)N(CCc1cc(Cl)ccc1Br)C1CC1. The van der Waals surface area contributed by atoms with Crippen molar-refractivity contribution >= 4 is 33.6 Å². The first-order valence-corrected chi connectivity index (χ1v) is 8.37. The second-order valence-corrected chi connectivity index (χ2v) is 7.68. The van der Waals surface area contributed by atoms with Crippen LogP contribution < -0.4 is 0 Å². The van der Waals surface area contributed by atoms with E-state index < -0.39 is 5.60 Å².